The van der Waals surface area contributed by atoms with E-state index < -0.39 is 6.10 Å². The first-order valence-corrected chi connectivity index (χ1v) is 8.68. The molecule has 0 spiro atoms. The van der Waals surface area contributed by atoms with E-state index in [0.29, 0.717) is 23.0 Å². The van der Waals surface area contributed by atoms with Gasteiger partial charge in [-0.2, -0.15) is 5.10 Å². The normalized spacial score (nSPS) is 19.7. The number of hydrogen-bond acceptors (Lipinski definition) is 4. The van der Waals surface area contributed by atoms with Crippen molar-refractivity contribution in [1.29, 1.82) is 0 Å². The predicted molar refractivity (Wildman–Crippen MR) is 97.9 cm³/mol. The van der Waals surface area contributed by atoms with Gasteiger partial charge in [-0.3, -0.25) is 14.9 Å². The molecule has 0 radical (unpaired) electrons. The van der Waals surface area contributed by atoms with Gasteiger partial charge in [0.15, 0.2) is 0 Å². The van der Waals surface area contributed by atoms with Crippen LogP contribution in [0.25, 0.3) is 11.3 Å². The molecule has 7 heteroatoms. The van der Waals surface area contributed by atoms with E-state index in [-0.39, 0.29) is 18.4 Å². The predicted octanol–water partition coefficient (Wildman–Crippen LogP) is 2.73. The van der Waals surface area contributed by atoms with Crippen LogP contribution in [0, 0.1) is 0 Å². The third-order valence-electron chi connectivity index (χ3n) is 4.66. The van der Waals surface area contributed by atoms with Gasteiger partial charge in [-0.15, -0.1) is 0 Å². The first-order valence-electron chi connectivity index (χ1n) is 8.30. The number of β-amino-alcohol motifs (C(OH)–C–C–N with tert-alkyl or cyclic N) is 1. The summed E-state index contributed by atoms with van der Waals surface area (Å²) in [6, 6.07) is 12.8. The fourth-order valence-electron chi connectivity index (χ4n) is 3.26. The summed E-state index contributed by atoms with van der Waals surface area (Å²) in [5, 5.41) is 18.1. The topological polar surface area (TPSA) is 82.1 Å². The second-order valence-corrected chi connectivity index (χ2v) is 6.77. The first kappa shape index (κ1) is 16.8. The van der Waals surface area contributed by atoms with Gasteiger partial charge in [-0.05, 0) is 35.9 Å². The Morgan fingerprint density at radius 3 is 2.62 bits per heavy atom. The summed E-state index contributed by atoms with van der Waals surface area (Å²) in [5.41, 5.74) is 2.94. The van der Waals surface area contributed by atoms with Crippen LogP contribution in [0.15, 0.2) is 54.9 Å². The third kappa shape index (κ3) is 3.21. The number of hydrogen-bond donors (Lipinski definition) is 2. The number of aromatic nitrogens is 3. The molecule has 2 N–H and O–H groups in total. The Labute approximate surface area is 155 Å². The molecule has 1 saturated heterocycles. The average molecular weight is 369 g/mol. The lowest BCUT2D eigenvalue weighted by molar-refractivity contribution is 0.0759. The molecule has 0 saturated carbocycles. The van der Waals surface area contributed by atoms with Gasteiger partial charge in [0, 0.05) is 42.0 Å². The molecule has 2 aromatic heterocycles. The Balaban J connectivity index is 1.51. The van der Waals surface area contributed by atoms with E-state index >= 15 is 0 Å². The van der Waals surface area contributed by atoms with Gasteiger partial charge in [0.1, 0.15) is 5.69 Å². The smallest absolute Gasteiger partial charge is 0.271 e. The summed E-state index contributed by atoms with van der Waals surface area (Å²) in [6.45, 7) is 0.737. The highest BCUT2D eigenvalue weighted by atomic mass is 35.5. The molecule has 26 heavy (non-hydrogen) atoms. The molecule has 1 fully saturated rings. The quantitative estimate of drug-likeness (QED) is 0.744. The van der Waals surface area contributed by atoms with Crippen LogP contribution in [0.5, 0.6) is 0 Å². The molecule has 0 bridgehead atoms. The minimum Gasteiger partial charge on any atom is -0.391 e. The fraction of sp³-hybridized carbons (Fsp3) is 0.211. The molecule has 132 valence electrons. The van der Waals surface area contributed by atoms with E-state index in [1.54, 1.807) is 35.5 Å². The van der Waals surface area contributed by atoms with E-state index in [1.807, 2.05) is 24.3 Å². The van der Waals surface area contributed by atoms with Gasteiger partial charge in [0.05, 0.1) is 11.8 Å². The first-order chi connectivity index (χ1) is 12.6. The summed E-state index contributed by atoms with van der Waals surface area (Å²) >= 11 is 5.92. The molecule has 1 aromatic carbocycles. The molecule has 1 amide bonds. The second kappa shape index (κ2) is 6.90. The lowest BCUT2D eigenvalue weighted by atomic mass is 9.96. The number of carbonyl (C=O) groups is 1. The highest BCUT2D eigenvalue weighted by Crippen LogP contribution is 2.29. The molecular formula is C19H17ClN4O2. The maximum atomic E-state index is 12.8. The van der Waals surface area contributed by atoms with Gasteiger partial charge in [-0.1, -0.05) is 23.7 Å². The van der Waals surface area contributed by atoms with Gasteiger partial charge >= 0.3 is 0 Å². The maximum Gasteiger partial charge on any atom is 0.271 e. The zero-order chi connectivity index (χ0) is 18.1. The Morgan fingerprint density at radius 1 is 1.15 bits per heavy atom. The number of nitrogens with one attached hydrogen (secondary N) is 1. The lowest BCUT2D eigenvalue weighted by Crippen LogP contribution is -2.29. The molecule has 1 aliphatic heterocycles. The average Bonchev–Trinajstić information content (AvgIpc) is 3.30. The van der Waals surface area contributed by atoms with E-state index in [4.69, 9.17) is 11.6 Å². The molecule has 3 heterocycles. The van der Waals surface area contributed by atoms with E-state index in [9.17, 15) is 9.90 Å². The molecule has 1 aliphatic rings. The minimum atomic E-state index is -0.609. The molecule has 2 atom stereocenters. The summed E-state index contributed by atoms with van der Waals surface area (Å²) in [4.78, 5) is 18.4. The zero-order valence-corrected chi connectivity index (χ0v) is 14.6. The maximum absolute atomic E-state index is 12.8. The SMILES string of the molecule is O=C(c1cc(-c2ccncc2)n[nH]1)N1C[C@H](c2ccc(Cl)cc2)[C@@H](O)C1. The Hall–Kier alpha value is -2.70. The van der Waals surface area contributed by atoms with Crippen molar-refractivity contribution in [2.75, 3.05) is 13.1 Å². The van der Waals surface area contributed by atoms with Gasteiger partial charge in [0.2, 0.25) is 0 Å². The number of carbonyl (C=O) groups excluding carboxylic acids is 1. The molecule has 4 rings (SSSR count). The molecule has 6 nitrogen and oxygen atoms in total. The number of benzene rings is 1. The van der Waals surface area contributed by atoms with Crippen molar-refractivity contribution in [2.45, 2.75) is 12.0 Å². The van der Waals surface area contributed by atoms with E-state index in [0.717, 1.165) is 11.1 Å². The zero-order valence-electron chi connectivity index (χ0n) is 13.8. The van der Waals surface area contributed by atoms with Crippen LogP contribution >= 0.6 is 11.6 Å². The largest absolute Gasteiger partial charge is 0.391 e. The van der Waals surface area contributed by atoms with Crippen LogP contribution in [0.1, 0.15) is 22.0 Å². The van der Waals surface area contributed by atoms with Crippen LogP contribution in [0.4, 0.5) is 0 Å². The van der Waals surface area contributed by atoms with Crippen molar-refractivity contribution in [1.82, 2.24) is 20.1 Å². The highest BCUT2D eigenvalue weighted by molar-refractivity contribution is 6.30. The number of nitrogens with zero attached hydrogens (tertiary/aromatic N) is 3. The van der Waals surface area contributed by atoms with Crippen LogP contribution < -0.4 is 0 Å². The van der Waals surface area contributed by atoms with E-state index in [2.05, 4.69) is 15.2 Å². The van der Waals surface area contributed by atoms with Gasteiger partial charge < -0.3 is 10.0 Å². The summed E-state index contributed by atoms with van der Waals surface area (Å²) in [6.07, 6.45) is 2.75. The monoisotopic (exact) mass is 368 g/mol. The van der Waals surface area contributed by atoms with Crippen molar-refractivity contribution < 1.29 is 9.90 Å². The summed E-state index contributed by atoms with van der Waals surface area (Å²) in [5.74, 6) is -0.299. The Morgan fingerprint density at radius 2 is 1.88 bits per heavy atom. The molecule has 0 aliphatic carbocycles. The fourth-order valence-corrected chi connectivity index (χ4v) is 3.39. The summed E-state index contributed by atoms with van der Waals surface area (Å²) in [7, 11) is 0. The number of aliphatic hydroxyl groups excluding tert-OH is 1. The van der Waals surface area contributed by atoms with E-state index in [1.165, 1.54) is 0 Å². The van der Waals surface area contributed by atoms with Crippen LogP contribution in [-0.4, -0.2) is 50.3 Å². The number of aromatic amines is 1. The molecule has 3 aromatic rings. The van der Waals surface area contributed by atoms with Crippen LogP contribution in [-0.2, 0) is 0 Å². The van der Waals surface area contributed by atoms with Crippen LogP contribution in [0.2, 0.25) is 5.02 Å². The Bertz CT molecular complexity index is 911. The number of rotatable bonds is 3. The molecular weight excluding hydrogens is 352 g/mol. The second-order valence-electron chi connectivity index (χ2n) is 6.34. The van der Waals surface area contributed by atoms with Crippen molar-refractivity contribution in [3.05, 3.63) is 71.1 Å². The number of aliphatic hydroxyl groups is 1. The number of likely N-dealkylation sites (tertiary alicyclic amines) is 1. The van der Waals surface area contributed by atoms with Crippen molar-refractivity contribution >= 4 is 17.5 Å². The number of pyridine rings is 1. The van der Waals surface area contributed by atoms with Gasteiger partial charge in [0.25, 0.3) is 5.91 Å². The van der Waals surface area contributed by atoms with Crippen LogP contribution in [0.3, 0.4) is 0 Å². The lowest BCUT2D eigenvalue weighted by Gasteiger charge is -2.15. The van der Waals surface area contributed by atoms with Crippen molar-refractivity contribution in [2.24, 2.45) is 0 Å². The third-order valence-corrected chi connectivity index (χ3v) is 4.91. The Kier molecular flexibility index (Phi) is 4.44. The number of halogens is 1. The van der Waals surface area contributed by atoms with Crippen molar-refractivity contribution in [3.63, 3.8) is 0 Å². The molecule has 0 unspecified atom stereocenters. The minimum absolute atomic E-state index is 0.126. The number of H-pyrrole nitrogens is 1. The summed E-state index contributed by atoms with van der Waals surface area (Å²) < 4.78 is 0. The standard InChI is InChI=1S/C19H17ClN4O2/c20-14-3-1-12(2-4-14)15-10-24(11-18(15)25)19(26)17-9-16(22-23-17)13-5-7-21-8-6-13/h1-9,15,18,25H,10-11H2,(H,22,23)/t15-,18+/m1/s1. The van der Waals surface area contributed by atoms with Gasteiger partial charge in [-0.25, -0.2) is 0 Å². The highest BCUT2D eigenvalue weighted by Gasteiger charge is 2.35. The van der Waals surface area contributed by atoms with Crippen molar-refractivity contribution in [3.8, 4) is 11.3 Å². The number of amides is 1.